The van der Waals surface area contributed by atoms with Gasteiger partial charge < -0.3 is 5.32 Å². The van der Waals surface area contributed by atoms with Crippen LogP contribution in [-0.4, -0.2) is 25.9 Å². The fourth-order valence-corrected chi connectivity index (χ4v) is 5.21. The minimum Gasteiger partial charge on any atom is -0.350 e. The molecule has 0 fully saturated rings. The van der Waals surface area contributed by atoms with Crippen molar-refractivity contribution in [1.82, 2.24) is 10.3 Å². The molecule has 1 unspecified atom stereocenters. The van der Waals surface area contributed by atoms with E-state index in [0.29, 0.717) is 10.4 Å². The molecule has 2 aromatic heterocycles. The number of sulfone groups is 1. The van der Waals surface area contributed by atoms with E-state index >= 15 is 0 Å². The Labute approximate surface area is 150 Å². The molecule has 7 heteroatoms. The van der Waals surface area contributed by atoms with Crippen LogP contribution in [0.15, 0.2) is 77.3 Å². The molecule has 1 atom stereocenters. The van der Waals surface area contributed by atoms with Crippen LogP contribution in [0.3, 0.4) is 0 Å². The van der Waals surface area contributed by atoms with Crippen LogP contribution in [0.5, 0.6) is 0 Å². The average molecular weight is 372 g/mol. The molecule has 5 nitrogen and oxygen atoms in total. The van der Waals surface area contributed by atoms with E-state index in [1.54, 1.807) is 54.6 Å². The van der Waals surface area contributed by atoms with Crippen LogP contribution in [0.1, 0.15) is 20.5 Å². The third-order valence-electron chi connectivity index (χ3n) is 3.70. The maximum absolute atomic E-state index is 13.0. The van der Waals surface area contributed by atoms with E-state index in [1.807, 2.05) is 5.38 Å². The predicted molar refractivity (Wildman–Crippen MR) is 97.3 cm³/mol. The molecule has 0 saturated carbocycles. The monoisotopic (exact) mass is 372 g/mol. The summed E-state index contributed by atoms with van der Waals surface area (Å²) in [6.07, 6.45) is 3.04. The second-order valence-electron chi connectivity index (χ2n) is 5.31. The van der Waals surface area contributed by atoms with Crippen LogP contribution in [0, 0.1) is 0 Å². The van der Waals surface area contributed by atoms with Crippen LogP contribution in [-0.2, 0) is 9.84 Å². The average Bonchev–Trinajstić information content (AvgIpc) is 3.17. The Kier molecular flexibility index (Phi) is 5.25. The number of carbonyl (C=O) groups excluding carboxylic acids is 1. The molecule has 0 spiro atoms. The molecule has 0 aliphatic carbocycles. The molecule has 3 rings (SSSR count). The summed E-state index contributed by atoms with van der Waals surface area (Å²) in [6, 6.07) is 15.0. The lowest BCUT2D eigenvalue weighted by Crippen LogP contribution is -2.31. The molecule has 2 heterocycles. The quantitative estimate of drug-likeness (QED) is 0.721. The Bertz CT molecular complexity index is 925. The van der Waals surface area contributed by atoms with Crippen molar-refractivity contribution >= 4 is 27.1 Å². The maximum Gasteiger partial charge on any atom is 0.251 e. The number of hydrogen-bond donors (Lipinski definition) is 1. The van der Waals surface area contributed by atoms with Crippen molar-refractivity contribution in [2.75, 3.05) is 6.54 Å². The van der Waals surface area contributed by atoms with E-state index in [2.05, 4.69) is 10.3 Å². The van der Waals surface area contributed by atoms with Crippen LogP contribution in [0.2, 0.25) is 0 Å². The first-order valence-corrected chi connectivity index (χ1v) is 10.0. The molecule has 0 aliphatic heterocycles. The molecule has 0 radical (unpaired) electrons. The van der Waals surface area contributed by atoms with E-state index in [-0.39, 0.29) is 17.3 Å². The van der Waals surface area contributed by atoms with Gasteiger partial charge in [0.2, 0.25) is 0 Å². The summed E-state index contributed by atoms with van der Waals surface area (Å²) < 4.78 is 26.1. The van der Waals surface area contributed by atoms with Crippen molar-refractivity contribution in [3.8, 4) is 0 Å². The zero-order valence-electron chi connectivity index (χ0n) is 13.2. The Morgan fingerprint density at radius 1 is 1.04 bits per heavy atom. The van der Waals surface area contributed by atoms with E-state index in [9.17, 15) is 13.2 Å². The second-order valence-corrected chi connectivity index (χ2v) is 8.42. The Balaban J connectivity index is 1.86. The van der Waals surface area contributed by atoms with Crippen LogP contribution in [0.25, 0.3) is 0 Å². The van der Waals surface area contributed by atoms with Gasteiger partial charge >= 0.3 is 0 Å². The summed E-state index contributed by atoms with van der Waals surface area (Å²) in [7, 11) is -3.62. The third kappa shape index (κ3) is 3.94. The van der Waals surface area contributed by atoms with Crippen molar-refractivity contribution in [2.24, 2.45) is 0 Å². The molecular formula is C18H16N2O3S2. The lowest BCUT2D eigenvalue weighted by Gasteiger charge is -2.17. The zero-order chi connectivity index (χ0) is 17.7. The van der Waals surface area contributed by atoms with Crippen molar-refractivity contribution in [3.05, 3.63) is 82.8 Å². The highest BCUT2D eigenvalue weighted by molar-refractivity contribution is 7.91. The number of nitrogens with zero attached hydrogens (tertiary/aromatic N) is 1. The van der Waals surface area contributed by atoms with E-state index in [0.717, 1.165) is 0 Å². The lowest BCUT2D eigenvalue weighted by molar-refractivity contribution is 0.0953. The number of benzene rings is 1. The van der Waals surface area contributed by atoms with Gasteiger partial charge in [0.05, 0.1) is 4.90 Å². The fourth-order valence-electron chi connectivity index (χ4n) is 2.40. The van der Waals surface area contributed by atoms with Gasteiger partial charge in [-0.3, -0.25) is 9.78 Å². The van der Waals surface area contributed by atoms with Gasteiger partial charge in [-0.25, -0.2) is 8.42 Å². The van der Waals surface area contributed by atoms with Crippen LogP contribution in [0.4, 0.5) is 0 Å². The van der Waals surface area contributed by atoms with Gasteiger partial charge in [-0.2, -0.15) is 0 Å². The minimum absolute atomic E-state index is 0.00109. The van der Waals surface area contributed by atoms with Gasteiger partial charge in [0, 0.05) is 29.4 Å². The number of rotatable bonds is 6. The molecule has 1 aromatic carbocycles. The summed E-state index contributed by atoms with van der Waals surface area (Å²) in [6.45, 7) is -0.00109. The molecule has 1 amide bonds. The number of thiophene rings is 1. The topological polar surface area (TPSA) is 76.1 Å². The Morgan fingerprint density at radius 3 is 2.40 bits per heavy atom. The number of carbonyl (C=O) groups is 1. The third-order valence-corrected chi connectivity index (χ3v) is 6.93. The van der Waals surface area contributed by atoms with E-state index in [4.69, 9.17) is 0 Å². The van der Waals surface area contributed by atoms with Gasteiger partial charge in [-0.15, -0.1) is 11.3 Å². The van der Waals surface area contributed by atoms with Gasteiger partial charge in [0.1, 0.15) is 5.25 Å². The van der Waals surface area contributed by atoms with Crippen LogP contribution >= 0.6 is 11.3 Å². The fraction of sp³-hybridized carbons (Fsp3) is 0.111. The summed E-state index contributed by atoms with van der Waals surface area (Å²) in [5, 5.41) is 3.72. The molecule has 25 heavy (non-hydrogen) atoms. The second kappa shape index (κ2) is 7.58. The molecule has 0 saturated heterocycles. The van der Waals surface area contributed by atoms with Crippen molar-refractivity contribution in [1.29, 1.82) is 0 Å². The Hall–Kier alpha value is -2.51. The number of pyridine rings is 1. The number of amides is 1. The molecule has 1 N–H and O–H groups in total. The SMILES string of the molecule is O=C(NCC(c1cccs1)S(=O)(=O)c1ccccc1)c1ccncc1. The van der Waals surface area contributed by atoms with Gasteiger partial charge in [-0.1, -0.05) is 24.3 Å². The predicted octanol–water partition coefficient (Wildman–Crippen LogP) is 3.09. The molecular weight excluding hydrogens is 356 g/mol. The van der Waals surface area contributed by atoms with Crippen molar-refractivity contribution in [3.63, 3.8) is 0 Å². The van der Waals surface area contributed by atoms with Gasteiger partial charge in [0.15, 0.2) is 9.84 Å². The molecule has 0 aliphatic rings. The standard InChI is InChI=1S/C18H16N2O3S2/c21-18(14-8-10-19-11-9-14)20-13-17(16-7-4-12-24-16)25(22,23)15-5-2-1-3-6-15/h1-12,17H,13H2,(H,20,21). The summed E-state index contributed by atoms with van der Waals surface area (Å²) in [5.41, 5.74) is 0.442. The van der Waals surface area contributed by atoms with Crippen molar-refractivity contribution in [2.45, 2.75) is 10.1 Å². The lowest BCUT2D eigenvalue weighted by atomic mass is 10.2. The highest BCUT2D eigenvalue weighted by atomic mass is 32.2. The first-order valence-electron chi connectivity index (χ1n) is 7.59. The first-order chi connectivity index (χ1) is 12.1. The normalized spacial score (nSPS) is 12.5. The van der Waals surface area contributed by atoms with Gasteiger partial charge in [-0.05, 0) is 35.7 Å². The molecule has 0 bridgehead atoms. The zero-order valence-corrected chi connectivity index (χ0v) is 14.8. The maximum atomic E-state index is 13.0. The van der Waals surface area contributed by atoms with Crippen molar-refractivity contribution < 1.29 is 13.2 Å². The largest absolute Gasteiger partial charge is 0.350 e. The van der Waals surface area contributed by atoms with Crippen LogP contribution < -0.4 is 5.32 Å². The summed E-state index contributed by atoms with van der Waals surface area (Å²) in [5.74, 6) is -0.327. The van der Waals surface area contributed by atoms with E-state index in [1.165, 1.54) is 23.7 Å². The smallest absolute Gasteiger partial charge is 0.251 e. The minimum atomic E-state index is -3.62. The summed E-state index contributed by atoms with van der Waals surface area (Å²) in [4.78, 5) is 17.1. The number of nitrogens with one attached hydrogen (secondary N) is 1. The molecule has 128 valence electrons. The highest BCUT2D eigenvalue weighted by Gasteiger charge is 2.30. The van der Waals surface area contributed by atoms with Gasteiger partial charge in [0.25, 0.3) is 5.91 Å². The first kappa shape index (κ1) is 17.3. The Morgan fingerprint density at radius 2 is 1.76 bits per heavy atom. The molecule has 3 aromatic rings. The highest BCUT2D eigenvalue weighted by Crippen LogP contribution is 2.31. The number of aromatic nitrogens is 1. The van der Waals surface area contributed by atoms with E-state index < -0.39 is 15.1 Å². The number of hydrogen-bond acceptors (Lipinski definition) is 5. The summed E-state index contributed by atoms with van der Waals surface area (Å²) >= 11 is 1.36.